The number of nitrogens with one attached hydrogen (secondary N) is 1. The van der Waals surface area contributed by atoms with Crippen molar-refractivity contribution >= 4 is 13.7 Å². The van der Waals surface area contributed by atoms with E-state index >= 15 is 0 Å². The van der Waals surface area contributed by atoms with Gasteiger partial charge < -0.3 is 5.32 Å². The Morgan fingerprint density at radius 2 is 2.10 bits per heavy atom. The molecule has 0 saturated heterocycles. The van der Waals surface area contributed by atoms with Gasteiger partial charge in [0.15, 0.2) is 5.81 Å². The summed E-state index contributed by atoms with van der Waals surface area (Å²) in [6.45, 7) is 5.99. The number of rotatable bonds is 3. The van der Waals surface area contributed by atoms with E-state index in [-0.39, 0.29) is 5.54 Å². The number of carbonyl (C=O) groups is 1. The highest BCUT2D eigenvalue weighted by atomic mass is 16.1. The molecule has 0 aliphatic rings. The van der Waals surface area contributed by atoms with Gasteiger partial charge in [0.2, 0.25) is 7.85 Å². The maximum Gasteiger partial charge on any atom is 0.200 e. The van der Waals surface area contributed by atoms with Gasteiger partial charge in [-0.25, -0.2) is 0 Å². The van der Waals surface area contributed by atoms with Crippen LogP contribution in [0.25, 0.3) is 0 Å². The number of carbonyl (C=O) groups excluding carboxylic acids is 1. The van der Waals surface area contributed by atoms with Crippen LogP contribution in [0.4, 0.5) is 4.79 Å². The lowest BCUT2D eigenvalue weighted by Gasteiger charge is -2.25. The number of amides is 1. The van der Waals surface area contributed by atoms with E-state index in [1.165, 1.54) is 0 Å². The highest BCUT2D eigenvalue weighted by molar-refractivity contribution is 6.57. The predicted octanol–water partition coefficient (Wildman–Crippen LogP) is 1.44. The average Bonchev–Trinajstić information content (AvgIpc) is 1.59. The molecule has 2 radical (unpaired) electrons. The predicted molar refractivity (Wildman–Crippen MR) is 43.3 cm³/mol. The lowest BCUT2D eigenvalue weighted by Crippen LogP contribution is -2.42. The van der Waals surface area contributed by atoms with E-state index in [1.807, 2.05) is 13.8 Å². The minimum Gasteiger partial charge on any atom is -0.361 e. The molecule has 0 heterocycles. The zero-order valence-electron chi connectivity index (χ0n) is 6.90. The number of hydrogen-bond donors (Lipinski definition) is 1. The van der Waals surface area contributed by atoms with Gasteiger partial charge in [-0.05, 0) is 20.3 Å². The first-order valence-corrected chi connectivity index (χ1v) is 3.55. The average molecular weight is 139 g/mol. The van der Waals surface area contributed by atoms with Gasteiger partial charge in [-0.2, -0.15) is 0 Å². The molecule has 0 saturated carbocycles. The Morgan fingerprint density at radius 1 is 1.60 bits per heavy atom. The van der Waals surface area contributed by atoms with E-state index in [4.69, 9.17) is 7.85 Å². The second-order valence-electron chi connectivity index (χ2n) is 3.12. The van der Waals surface area contributed by atoms with Gasteiger partial charge in [0.25, 0.3) is 0 Å². The van der Waals surface area contributed by atoms with Gasteiger partial charge in [0, 0.05) is 5.54 Å². The third kappa shape index (κ3) is 4.42. The molecule has 3 heteroatoms. The van der Waals surface area contributed by atoms with Crippen LogP contribution >= 0.6 is 0 Å². The molecule has 56 valence electrons. The molecule has 0 aromatic carbocycles. The van der Waals surface area contributed by atoms with Crippen LogP contribution in [-0.2, 0) is 0 Å². The highest BCUT2D eigenvalue weighted by Gasteiger charge is 2.15. The Kier molecular flexibility index (Phi) is 3.47. The second-order valence-corrected chi connectivity index (χ2v) is 3.12. The van der Waals surface area contributed by atoms with Crippen molar-refractivity contribution in [1.82, 2.24) is 5.32 Å². The zero-order chi connectivity index (χ0) is 8.20. The molecular weight excluding hydrogens is 125 g/mol. The SMILES string of the molecule is [B]C(=O)NC(C)(C)CCC. The summed E-state index contributed by atoms with van der Waals surface area (Å²) >= 11 is 0. The van der Waals surface area contributed by atoms with Crippen LogP contribution in [0.5, 0.6) is 0 Å². The Morgan fingerprint density at radius 3 is 2.40 bits per heavy atom. The molecule has 0 aromatic rings. The van der Waals surface area contributed by atoms with Gasteiger partial charge in [-0.1, -0.05) is 13.3 Å². The topological polar surface area (TPSA) is 29.1 Å². The van der Waals surface area contributed by atoms with Gasteiger partial charge in [-0.15, -0.1) is 0 Å². The summed E-state index contributed by atoms with van der Waals surface area (Å²) in [4.78, 5) is 10.4. The Labute approximate surface area is 63.8 Å². The van der Waals surface area contributed by atoms with E-state index in [1.54, 1.807) is 0 Å². The van der Waals surface area contributed by atoms with Crippen molar-refractivity contribution in [2.45, 2.75) is 39.2 Å². The van der Waals surface area contributed by atoms with Crippen LogP contribution in [0.15, 0.2) is 0 Å². The fraction of sp³-hybridized carbons (Fsp3) is 0.857. The molecule has 0 fully saturated rings. The minimum absolute atomic E-state index is 0.152. The molecule has 0 aliphatic heterocycles. The van der Waals surface area contributed by atoms with Crippen LogP contribution in [0, 0.1) is 0 Å². The van der Waals surface area contributed by atoms with Crippen LogP contribution in [-0.4, -0.2) is 19.2 Å². The highest BCUT2D eigenvalue weighted by Crippen LogP contribution is 2.09. The van der Waals surface area contributed by atoms with Crippen molar-refractivity contribution in [3.63, 3.8) is 0 Å². The van der Waals surface area contributed by atoms with E-state index in [0.29, 0.717) is 0 Å². The maximum absolute atomic E-state index is 10.4. The van der Waals surface area contributed by atoms with Gasteiger partial charge in [-0.3, -0.25) is 4.79 Å². The second kappa shape index (κ2) is 3.64. The minimum atomic E-state index is -0.446. The van der Waals surface area contributed by atoms with Crippen LogP contribution in [0.2, 0.25) is 0 Å². The first kappa shape index (κ1) is 9.53. The summed E-state index contributed by atoms with van der Waals surface area (Å²) in [5.74, 6) is -0.446. The fourth-order valence-electron chi connectivity index (χ4n) is 1.02. The summed E-state index contributed by atoms with van der Waals surface area (Å²) in [6.07, 6.45) is 2.00. The zero-order valence-corrected chi connectivity index (χ0v) is 6.90. The Hall–Kier alpha value is -0.465. The standard InChI is InChI=1S/C7H14BNO/c1-4-5-7(2,3)9-6(8)10/h4-5H2,1-3H3,(H,9,10). The molecule has 2 nitrogen and oxygen atoms in total. The summed E-state index contributed by atoms with van der Waals surface area (Å²) < 4.78 is 0. The number of hydrogen-bond acceptors (Lipinski definition) is 1. The van der Waals surface area contributed by atoms with Crippen LogP contribution in [0.1, 0.15) is 33.6 Å². The van der Waals surface area contributed by atoms with Gasteiger partial charge in [0.05, 0.1) is 0 Å². The molecule has 0 unspecified atom stereocenters. The van der Waals surface area contributed by atoms with Crippen LogP contribution in [0.3, 0.4) is 0 Å². The van der Waals surface area contributed by atoms with Crippen molar-refractivity contribution in [3.05, 3.63) is 0 Å². The summed E-state index contributed by atoms with van der Waals surface area (Å²) in [5.41, 5.74) is -0.152. The Balaban J connectivity index is 3.74. The Bertz CT molecular complexity index is 123. The molecule has 0 bridgehead atoms. The maximum atomic E-state index is 10.4. The summed E-state index contributed by atoms with van der Waals surface area (Å²) in [5, 5.41) is 2.66. The van der Waals surface area contributed by atoms with Gasteiger partial charge >= 0.3 is 0 Å². The van der Waals surface area contributed by atoms with E-state index in [2.05, 4.69) is 12.2 Å². The largest absolute Gasteiger partial charge is 0.361 e. The normalized spacial score (nSPS) is 11.1. The smallest absolute Gasteiger partial charge is 0.200 e. The van der Waals surface area contributed by atoms with E-state index in [0.717, 1.165) is 12.8 Å². The van der Waals surface area contributed by atoms with Crippen molar-refractivity contribution < 1.29 is 4.79 Å². The lowest BCUT2D eigenvalue weighted by atomic mass is 9.96. The first-order chi connectivity index (χ1) is 4.48. The fourth-order valence-corrected chi connectivity index (χ4v) is 1.02. The molecule has 0 rings (SSSR count). The van der Waals surface area contributed by atoms with Crippen molar-refractivity contribution in [2.24, 2.45) is 0 Å². The molecule has 0 atom stereocenters. The molecule has 10 heavy (non-hydrogen) atoms. The molecule has 1 amide bonds. The molecule has 0 spiro atoms. The van der Waals surface area contributed by atoms with Crippen LogP contribution < -0.4 is 5.32 Å². The summed E-state index contributed by atoms with van der Waals surface area (Å²) in [7, 11) is 4.96. The van der Waals surface area contributed by atoms with Crippen molar-refractivity contribution in [1.29, 1.82) is 0 Å². The van der Waals surface area contributed by atoms with Gasteiger partial charge in [0.1, 0.15) is 0 Å². The quantitative estimate of drug-likeness (QED) is 0.589. The lowest BCUT2D eigenvalue weighted by molar-refractivity contribution is 0.247. The molecule has 0 aliphatic carbocycles. The monoisotopic (exact) mass is 139 g/mol. The third-order valence-corrected chi connectivity index (χ3v) is 1.34. The van der Waals surface area contributed by atoms with Crippen molar-refractivity contribution in [2.75, 3.05) is 0 Å². The molecule has 0 aromatic heterocycles. The summed E-state index contributed by atoms with van der Waals surface area (Å²) in [6, 6.07) is 0. The molecule has 1 N–H and O–H groups in total. The third-order valence-electron chi connectivity index (χ3n) is 1.34. The van der Waals surface area contributed by atoms with Crippen molar-refractivity contribution in [3.8, 4) is 0 Å². The van der Waals surface area contributed by atoms with E-state index < -0.39 is 5.81 Å². The van der Waals surface area contributed by atoms with E-state index in [9.17, 15) is 4.79 Å². The molecular formula is C7H14BNO. The first-order valence-electron chi connectivity index (χ1n) is 3.55.